The van der Waals surface area contributed by atoms with Crippen molar-refractivity contribution in [2.75, 3.05) is 26.4 Å². The highest BCUT2D eigenvalue weighted by Crippen LogP contribution is 1.75. The molecule has 0 aromatic heterocycles. The molecule has 2 amide bonds. The summed E-state index contributed by atoms with van der Waals surface area (Å²) in [5, 5.41) is 2.48. The van der Waals surface area contributed by atoms with Gasteiger partial charge in [-0.2, -0.15) is 0 Å². The Morgan fingerprint density at radius 3 is 2.69 bits per heavy atom. The predicted molar refractivity (Wildman–Crippen MR) is 45.0 cm³/mol. The molecule has 0 spiro atoms. The fourth-order valence-corrected chi connectivity index (χ4v) is 0.588. The van der Waals surface area contributed by atoms with E-state index < -0.39 is 6.09 Å². The van der Waals surface area contributed by atoms with Gasteiger partial charge in [0.05, 0.1) is 6.54 Å². The van der Waals surface area contributed by atoms with Gasteiger partial charge in [0.25, 0.3) is 0 Å². The summed E-state index contributed by atoms with van der Waals surface area (Å²) in [6.07, 6.45) is -0.848. The molecule has 0 aliphatic rings. The summed E-state index contributed by atoms with van der Waals surface area (Å²) in [6, 6.07) is 0. The van der Waals surface area contributed by atoms with Crippen LogP contribution in [0.15, 0.2) is 0 Å². The van der Waals surface area contributed by atoms with Gasteiger partial charge in [0, 0.05) is 6.61 Å². The Labute approximate surface area is 76.4 Å². The number of hydrogen-bond donors (Lipinski definition) is 2. The summed E-state index contributed by atoms with van der Waals surface area (Å²) in [7, 11) is 0. The average molecular weight is 190 g/mol. The maximum absolute atomic E-state index is 10.8. The second-order valence-electron chi connectivity index (χ2n) is 2.15. The van der Waals surface area contributed by atoms with E-state index in [9.17, 15) is 9.59 Å². The summed E-state index contributed by atoms with van der Waals surface area (Å²) in [5.41, 5.74) is 4.69. The van der Waals surface area contributed by atoms with Gasteiger partial charge < -0.3 is 20.5 Å². The average Bonchev–Trinajstić information content (AvgIpc) is 2.08. The van der Waals surface area contributed by atoms with Crippen molar-refractivity contribution in [2.45, 2.75) is 6.92 Å². The standard InChI is InChI=1S/C7H14N2O4/c1-2-12-5-6(10)9-3-4-13-7(8)11/h2-5H2,1H3,(H2,8,11)(H,9,10). The Morgan fingerprint density at radius 2 is 2.15 bits per heavy atom. The van der Waals surface area contributed by atoms with Crippen LogP contribution < -0.4 is 11.1 Å². The number of primary amides is 1. The molecule has 0 heterocycles. The largest absolute Gasteiger partial charge is 0.448 e. The van der Waals surface area contributed by atoms with Crippen LogP contribution in [-0.4, -0.2) is 38.4 Å². The number of amides is 2. The lowest BCUT2D eigenvalue weighted by atomic mass is 10.6. The van der Waals surface area contributed by atoms with Gasteiger partial charge in [0.15, 0.2) is 0 Å². The second kappa shape index (κ2) is 7.35. The van der Waals surface area contributed by atoms with Gasteiger partial charge in [0.1, 0.15) is 13.2 Å². The van der Waals surface area contributed by atoms with E-state index in [-0.39, 0.29) is 25.7 Å². The first-order valence-corrected chi connectivity index (χ1v) is 3.93. The molecule has 0 saturated carbocycles. The molecule has 76 valence electrons. The first kappa shape index (κ1) is 11.7. The van der Waals surface area contributed by atoms with Crippen LogP contribution in [0.4, 0.5) is 4.79 Å². The smallest absolute Gasteiger partial charge is 0.404 e. The van der Waals surface area contributed by atoms with Crippen LogP contribution in [0, 0.1) is 0 Å². The number of carbonyl (C=O) groups is 2. The highest BCUT2D eigenvalue weighted by atomic mass is 16.5. The van der Waals surface area contributed by atoms with E-state index in [1.165, 1.54) is 0 Å². The maximum atomic E-state index is 10.8. The monoisotopic (exact) mass is 190 g/mol. The third-order valence-electron chi connectivity index (χ3n) is 1.11. The van der Waals surface area contributed by atoms with Crippen LogP contribution >= 0.6 is 0 Å². The molecule has 0 radical (unpaired) electrons. The molecule has 0 unspecified atom stereocenters. The number of carbonyl (C=O) groups excluding carboxylic acids is 2. The van der Waals surface area contributed by atoms with Gasteiger partial charge in [-0.25, -0.2) is 4.79 Å². The minimum Gasteiger partial charge on any atom is -0.448 e. The van der Waals surface area contributed by atoms with Gasteiger partial charge in [-0.05, 0) is 6.92 Å². The highest BCUT2D eigenvalue weighted by molar-refractivity contribution is 5.77. The van der Waals surface area contributed by atoms with Gasteiger partial charge in [0.2, 0.25) is 5.91 Å². The molecule has 0 aliphatic heterocycles. The number of hydrogen-bond acceptors (Lipinski definition) is 4. The van der Waals surface area contributed by atoms with E-state index >= 15 is 0 Å². The van der Waals surface area contributed by atoms with E-state index in [1.807, 2.05) is 0 Å². The molecule has 0 atom stereocenters. The first-order valence-electron chi connectivity index (χ1n) is 3.93. The van der Waals surface area contributed by atoms with Crippen LogP contribution in [0.2, 0.25) is 0 Å². The summed E-state index contributed by atoms with van der Waals surface area (Å²) >= 11 is 0. The molecule has 0 aliphatic carbocycles. The van der Waals surface area contributed by atoms with Crippen molar-refractivity contribution in [3.8, 4) is 0 Å². The van der Waals surface area contributed by atoms with Crippen molar-refractivity contribution in [3.63, 3.8) is 0 Å². The summed E-state index contributed by atoms with van der Waals surface area (Å²) in [4.78, 5) is 20.9. The molecule has 3 N–H and O–H groups in total. The molecule has 0 aromatic rings. The van der Waals surface area contributed by atoms with Crippen molar-refractivity contribution in [3.05, 3.63) is 0 Å². The zero-order valence-electron chi connectivity index (χ0n) is 7.54. The Balaban J connectivity index is 3.22. The predicted octanol–water partition coefficient (Wildman–Crippen LogP) is -0.766. The molecule has 0 aromatic carbocycles. The lowest BCUT2D eigenvalue weighted by Gasteiger charge is -2.04. The van der Waals surface area contributed by atoms with Crippen LogP contribution in [0.25, 0.3) is 0 Å². The summed E-state index contributed by atoms with van der Waals surface area (Å²) < 4.78 is 9.21. The van der Waals surface area contributed by atoms with E-state index in [0.717, 1.165) is 0 Å². The van der Waals surface area contributed by atoms with E-state index in [2.05, 4.69) is 10.1 Å². The Bertz CT molecular complexity index is 172. The number of nitrogens with two attached hydrogens (primary N) is 1. The van der Waals surface area contributed by atoms with E-state index in [1.54, 1.807) is 6.92 Å². The normalized spacial score (nSPS) is 9.31. The van der Waals surface area contributed by atoms with Gasteiger partial charge >= 0.3 is 6.09 Å². The summed E-state index contributed by atoms with van der Waals surface area (Å²) in [5.74, 6) is -0.241. The number of ether oxygens (including phenoxy) is 2. The van der Waals surface area contributed by atoms with Gasteiger partial charge in [-0.15, -0.1) is 0 Å². The molecule has 0 rings (SSSR count). The lowest BCUT2D eigenvalue weighted by molar-refractivity contribution is -0.125. The van der Waals surface area contributed by atoms with Crippen molar-refractivity contribution in [1.82, 2.24) is 5.32 Å². The van der Waals surface area contributed by atoms with Crippen molar-refractivity contribution >= 4 is 12.0 Å². The SMILES string of the molecule is CCOCC(=O)NCCOC(N)=O. The fraction of sp³-hybridized carbons (Fsp3) is 0.714. The molecule has 0 fully saturated rings. The van der Waals surface area contributed by atoms with Crippen LogP contribution in [0.3, 0.4) is 0 Å². The Kier molecular flexibility index (Phi) is 6.62. The molecule has 0 saturated heterocycles. The minimum absolute atomic E-state index is 0.0209. The van der Waals surface area contributed by atoms with E-state index in [4.69, 9.17) is 10.5 Å². The van der Waals surface area contributed by atoms with Crippen molar-refractivity contribution in [1.29, 1.82) is 0 Å². The quantitative estimate of drug-likeness (QED) is 0.538. The van der Waals surface area contributed by atoms with Crippen LogP contribution in [0.5, 0.6) is 0 Å². The third kappa shape index (κ3) is 8.61. The molecular weight excluding hydrogens is 176 g/mol. The number of nitrogens with one attached hydrogen (secondary N) is 1. The zero-order chi connectivity index (χ0) is 10.1. The Hall–Kier alpha value is -1.30. The fourth-order valence-electron chi connectivity index (χ4n) is 0.588. The number of rotatable bonds is 6. The minimum atomic E-state index is -0.848. The zero-order valence-corrected chi connectivity index (χ0v) is 7.54. The van der Waals surface area contributed by atoms with Crippen LogP contribution in [0.1, 0.15) is 6.92 Å². The van der Waals surface area contributed by atoms with Crippen molar-refractivity contribution in [2.24, 2.45) is 5.73 Å². The lowest BCUT2D eigenvalue weighted by Crippen LogP contribution is -2.31. The molecule has 0 bridgehead atoms. The second-order valence-corrected chi connectivity index (χ2v) is 2.15. The summed E-state index contributed by atoms with van der Waals surface area (Å²) in [6.45, 7) is 2.63. The van der Waals surface area contributed by atoms with Gasteiger partial charge in [-0.1, -0.05) is 0 Å². The third-order valence-corrected chi connectivity index (χ3v) is 1.11. The van der Waals surface area contributed by atoms with Gasteiger partial charge in [-0.3, -0.25) is 4.79 Å². The highest BCUT2D eigenvalue weighted by Gasteiger charge is 1.99. The molecular formula is C7H14N2O4. The van der Waals surface area contributed by atoms with E-state index in [0.29, 0.717) is 6.61 Å². The topological polar surface area (TPSA) is 90.7 Å². The van der Waals surface area contributed by atoms with Crippen molar-refractivity contribution < 1.29 is 19.1 Å². The molecule has 6 nitrogen and oxygen atoms in total. The maximum Gasteiger partial charge on any atom is 0.404 e. The molecule has 6 heteroatoms. The van der Waals surface area contributed by atoms with Crippen LogP contribution in [-0.2, 0) is 14.3 Å². The Morgan fingerprint density at radius 1 is 1.46 bits per heavy atom. The first-order chi connectivity index (χ1) is 6.16. The molecule has 13 heavy (non-hydrogen) atoms.